The lowest BCUT2D eigenvalue weighted by Crippen LogP contribution is -2.31. The third-order valence-electron chi connectivity index (χ3n) is 2.05. The van der Waals surface area contributed by atoms with E-state index in [-0.39, 0.29) is 0 Å². The third kappa shape index (κ3) is 1.23. The van der Waals surface area contributed by atoms with Crippen LogP contribution in [0, 0.1) is 12.0 Å². The lowest BCUT2D eigenvalue weighted by molar-refractivity contribution is 0.0323. The molecule has 0 saturated carbocycles. The lowest BCUT2D eigenvalue weighted by Gasteiger charge is -2.31. The number of hydrogen-bond acceptors (Lipinski definition) is 2. The molecule has 2 aliphatic rings. The molecular weight excluding hydrogens is 144 g/mol. The van der Waals surface area contributed by atoms with Crippen LogP contribution < -0.4 is 0 Å². The van der Waals surface area contributed by atoms with Crippen LogP contribution in [0.2, 0.25) is 0 Å². The van der Waals surface area contributed by atoms with Gasteiger partial charge in [-0.25, -0.2) is 0 Å². The van der Waals surface area contributed by atoms with E-state index < -0.39 is 0 Å². The summed E-state index contributed by atoms with van der Waals surface area (Å²) in [5.41, 5.74) is 0. The van der Waals surface area contributed by atoms with Crippen molar-refractivity contribution >= 4 is 11.8 Å². The van der Waals surface area contributed by atoms with Crippen molar-refractivity contribution in [2.45, 2.75) is 12.5 Å². The van der Waals surface area contributed by atoms with Crippen molar-refractivity contribution in [1.29, 1.82) is 0 Å². The molecule has 2 rings (SSSR count). The molecule has 2 aliphatic heterocycles. The van der Waals surface area contributed by atoms with Crippen LogP contribution >= 0.6 is 11.8 Å². The highest BCUT2D eigenvalue weighted by molar-refractivity contribution is 7.99. The normalized spacial score (nSPS) is 39.2. The van der Waals surface area contributed by atoms with E-state index in [4.69, 9.17) is 4.74 Å². The van der Waals surface area contributed by atoms with E-state index in [0.717, 1.165) is 0 Å². The van der Waals surface area contributed by atoms with Gasteiger partial charge in [-0.05, 0) is 18.2 Å². The summed E-state index contributed by atoms with van der Waals surface area (Å²) in [6.45, 7) is 0.714. The van der Waals surface area contributed by atoms with E-state index in [9.17, 15) is 0 Å². The van der Waals surface area contributed by atoms with Crippen LogP contribution in [0.3, 0.4) is 0 Å². The SMILES string of the molecule is [C]1=CC2CSCCC2OC1. The van der Waals surface area contributed by atoms with Crippen LogP contribution in [-0.2, 0) is 4.74 Å². The minimum atomic E-state index is 0.516. The molecule has 10 heavy (non-hydrogen) atoms. The number of rotatable bonds is 0. The molecule has 0 aromatic heterocycles. The summed E-state index contributed by atoms with van der Waals surface area (Å²) in [5, 5.41) is 0. The van der Waals surface area contributed by atoms with Crippen molar-refractivity contribution in [1.82, 2.24) is 0 Å². The monoisotopic (exact) mass is 155 g/mol. The zero-order valence-corrected chi connectivity index (χ0v) is 6.69. The minimum absolute atomic E-state index is 0.516. The predicted octanol–water partition coefficient (Wildman–Crippen LogP) is 1.50. The first kappa shape index (κ1) is 6.74. The van der Waals surface area contributed by atoms with Crippen molar-refractivity contribution in [2.75, 3.05) is 18.1 Å². The molecule has 2 heterocycles. The minimum Gasteiger partial charge on any atom is -0.373 e. The number of hydrogen-bond donors (Lipinski definition) is 0. The molecule has 0 spiro atoms. The molecular formula is C8H11OS. The van der Waals surface area contributed by atoms with Gasteiger partial charge in [0.1, 0.15) is 0 Å². The molecule has 55 valence electrons. The smallest absolute Gasteiger partial charge is 0.0721 e. The Morgan fingerprint density at radius 1 is 1.60 bits per heavy atom. The van der Waals surface area contributed by atoms with Crippen molar-refractivity contribution < 1.29 is 4.74 Å². The van der Waals surface area contributed by atoms with Crippen LogP contribution in [0.1, 0.15) is 6.42 Å². The van der Waals surface area contributed by atoms with Gasteiger partial charge >= 0.3 is 0 Å². The first-order valence-corrected chi connectivity index (χ1v) is 4.88. The molecule has 0 bridgehead atoms. The summed E-state index contributed by atoms with van der Waals surface area (Å²) in [5.74, 6) is 3.17. The van der Waals surface area contributed by atoms with E-state index in [1.54, 1.807) is 0 Å². The average molecular weight is 155 g/mol. The third-order valence-corrected chi connectivity index (χ3v) is 3.19. The Hall–Kier alpha value is 0.0500. The molecule has 1 radical (unpaired) electrons. The standard InChI is InChI=1S/C8H11OS/c1-2-7-6-10-5-3-8(7)9-4-1/h2,7-8H,3-6H2. The fraction of sp³-hybridized carbons (Fsp3) is 0.750. The molecule has 0 N–H and O–H groups in total. The zero-order chi connectivity index (χ0) is 6.81. The van der Waals surface area contributed by atoms with Gasteiger partial charge in [0.05, 0.1) is 12.7 Å². The molecule has 0 aromatic carbocycles. The molecule has 0 amide bonds. The van der Waals surface area contributed by atoms with Gasteiger partial charge in [-0.15, -0.1) is 0 Å². The highest BCUT2D eigenvalue weighted by Crippen LogP contribution is 2.28. The summed E-state index contributed by atoms with van der Waals surface area (Å²) < 4.78 is 5.53. The Labute approximate surface area is 65.8 Å². The average Bonchev–Trinajstić information content (AvgIpc) is 2.05. The molecule has 1 saturated heterocycles. The summed E-state index contributed by atoms with van der Waals surface area (Å²) in [6.07, 6.45) is 7.06. The second kappa shape index (κ2) is 2.97. The van der Waals surface area contributed by atoms with Crippen LogP contribution in [-0.4, -0.2) is 24.2 Å². The fourth-order valence-corrected chi connectivity index (χ4v) is 2.61. The largest absolute Gasteiger partial charge is 0.373 e. The van der Waals surface area contributed by atoms with Crippen LogP contribution in [0.5, 0.6) is 0 Å². The van der Waals surface area contributed by atoms with Crippen LogP contribution in [0.4, 0.5) is 0 Å². The highest BCUT2D eigenvalue weighted by atomic mass is 32.2. The predicted molar refractivity (Wildman–Crippen MR) is 43.0 cm³/mol. The van der Waals surface area contributed by atoms with Gasteiger partial charge in [0, 0.05) is 11.7 Å². The second-order valence-corrected chi connectivity index (χ2v) is 3.90. The van der Waals surface area contributed by atoms with Crippen molar-refractivity contribution in [3.8, 4) is 0 Å². The van der Waals surface area contributed by atoms with Gasteiger partial charge in [0.25, 0.3) is 0 Å². The van der Waals surface area contributed by atoms with Gasteiger partial charge in [-0.2, -0.15) is 11.8 Å². The summed E-state index contributed by atoms with van der Waals surface area (Å²) in [6, 6.07) is 0. The van der Waals surface area contributed by atoms with Crippen molar-refractivity contribution in [2.24, 2.45) is 5.92 Å². The van der Waals surface area contributed by atoms with E-state index in [1.165, 1.54) is 17.9 Å². The maximum absolute atomic E-state index is 5.53. The fourth-order valence-electron chi connectivity index (χ4n) is 1.46. The first-order chi connectivity index (χ1) is 4.97. The molecule has 0 aliphatic carbocycles. The Morgan fingerprint density at radius 2 is 2.60 bits per heavy atom. The summed E-state index contributed by atoms with van der Waals surface area (Å²) in [4.78, 5) is 0. The quantitative estimate of drug-likeness (QED) is 0.524. The molecule has 2 unspecified atom stereocenters. The Kier molecular flexibility index (Phi) is 2.00. The zero-order valence-electron chi connectivity index (χ0n) is 5.88. The van der Waals surface area contributed by atoms with E-state index in [0.29, 0.717) is 18.6 Å². The van der Waals surface area contributed by atoms with Crippen LogP contribution in [0.15, 0.2) is 6.08 Å². The summed E-state index contributed by atoms with van der Waals surface area (Å²) in [7, 11) is 0. The highest BCUT2D eigenvalue weighted by Gasteiger charge is 2.25. The van der Waals surface area contributed by atoms with Gasteiger partial charge in [-0.1, -0.05) is 6.08 Å². The van der Waals surface area contributed by atoms with E-state index in [2.05, 4.69) is 12.2 Å². The molecule has 2 atom stereocenters. The van der Waals surface area contributed by atoms with Gasteiger partial charge in [-0.3, -0.25) is 0 Å². The number of thioether (sulfide) groups is 1. The molecule has 1 fully saturated rings. The van der Waals surface area contributed by atoms with Crippen molar-refractivity contribution in [3.05, 3.63) is 12.2 Å². The second-order valence-electron chi connectivity index (χ2n) is 2.75. The number of ether oxygens (including phenoxy) is 1. The molecule has 2 heteroatoms. The van der Waals surface area contributed by atoms with E-state index in [1.807, 2.05) is 11.8 Å². The Morgan fingerprint density at radius 3 is 3.50 bits per heavy atom. The Balaban J connectivity index is 2.03. The van der Waals surface area contributed by atoms with Gasteiger partial charge in [0.2, 0.25) is 0 Å². The van der Waals surface area contributed by atoms with Crippen molar-refractivity contribution in [3.63, 3.8) is 0 Å². The van der Waals surface area contributed by atoms with Crippen LogP contribution in [0.25, 0.3) is 0 Å². The first-order valence-electron chi connectivity index (χ1n) is 3.73. The molecule has 1 nitrogen and oxygen atoms in total. The Bertz CT molecular complexity index is 144. The lowest BCUT2D eigenvalue weighted by atomic mass is 9.99. The maximum Gasteiger partial charge on any atom is 0.0721 e. The van der Waals surface area contributed by atoms with E-state index >= 15 is 0 Å². The molecule has 0 aromatic rings. The number of fused-ring (bicyclic) bond motifs is 1. The maximum atomic E-state index is 5.53. The van der Waals surface area contributed by atoms with Gasteiger partial charge in [0.15, 0.2) is 0 Å². The summed E-state index contributed by atoms with van der Waals surface area (Å²) >= 11 is 2.03. The van der Waals surface area contributed by atoms with Gasteiger partial charge < -0.3 is 4.74 Å². The topological polar surface area (TPSA) is 9.23 Å².